The van der Waals surface area contributed by atoms with Crippen LogP contribution in [0.3, 0.4) is 0 Å². The van der Waals surface area contributed by atoms with Crippen LogP contribution in [0.25, 0.3) is 0 Å². The van der Waals surface area contributed by atoms with Crippen molar-refractivity contribution >= 4 is 12.0 Å². The zero-order valence-electron chi connectivity index (χ0n) is 11.8. The largest absolute Gasteiger partial charge is 0.495 e. The zero-order valence-corrected chi connectivity index (χ0v) is 11.8. The van der Waals surface area contributed by atoms with Crippen molar-refractivity contribution in [2.24, 2.45) is 0 Å². The van der Waals surface area contributed by atoms with Crippen LogP contribution in [0.2, 0.25) is 0 Å². The lowest BCUT2D eigenvalue weighted by Crippen LogP contribution is -2.45. The van der Waals surface area contributed by atoms with Gasteiger partial charge in [0.1, 0.15) is 12.0 Å². The highest BCUT2D eigenvalue weighted by atomic mass is 16.5. The van der Waals surface area contributed by atoms with Gasteiger partial charge in [0.15, 0.2) is 0 Å². The Kier molecular flexibility index (Phi) is 3.09. The molecule has 1 aromatic carbocycles. The van der Waals surface area contributed by atoms with Crippen LogP contribution < -0.4 is 9.64 Å². The number of anilines is 1. The Morgan fingerprint density at radius 1 is 1.44 bits per heavy atom. The molecule has 0 unspecified atom stereocenters. The molecule has 0 N–H and O–H groups in total. The minimum atomic E-state index is 0.0996. The van der Waals surface area contributed by atoms with E-state index in [0.29, 0.717) is 11.5 Å². The molecule has 0 saturated heterocycles. The van der Waals surface area contributed by atoms with E-state index in [4.69, 9.17) is 4.74 Å². The summed E-state index contributed by atoms with van der Waals surface area (Å²) >= 11 is 0. The molecular weight excluding hydrogens is 226 g/mol. The Balaban J connectivity index is 2.67. The minimum Gasteiger partial charge on any atom is -0.495 e. The fourth-order valence-electron chi connectivity index (χ4n) is 2.91. The monoisotopic (exact) mass is 247 g/mol. The van der Waals surface area contributed by atoms with Crippen LogP contribution in [0.4, 0.5) is 5.69 Å². The van der Waals surface area contributed by atoms with E-state index in [0.717, 1.165) is 24.1 Å². The van der Waals surface area contributed by atoms with Gasteiger partial charge in [-0.05, 0) is 43.9 Å². The number of carbonyl (C=O) groups is 1. The van der Waals surface area contributed by atoms with Crippen LogP contribution in [-0.2, 0) is 0 Å². The van der Waals surface area contributed by atoms with Crippen LogP contribution >= 0.6 is 0 Å². The third-order valence-corrected chi connectivity index (χ3v) is 4.06. The molecule has 0 aliphatic carbocycles. The number of benzene rings is 1. The van der Waals surface area contributed by atoms with E-state index in [9.17, 15) is 4.79 Å². The van der Waals surface area contributed by atoms with Crippen molar-refractivity contribution < 1.29 is 9.53 Å². The topological polar surface area (TPSA) is 29.5 Å². The second kappa shape index (κ2) is 4.30. The Labute approximate surface area is 109 Å². The molecule has 0 bridgehead atoms. The number of hydrogen-bond acceptors (Lipinski definition) is 3. The average molecular weight is 247 g/mol. The van der Waals surface area contributed by atoms with Crippen molar-refractivity contribution in [3.63, 3.8) is 0 Å². The third kappa shape index (κ3) is 1.88. The van der Waals surface area contributed by atoms with Gasteiger partial charge in [-0.2, -0.15) is 0 Å². The highest BCUT2D eigenvalue weighted by Crippen LogP contribution is 2.47. The van der Waals surface area contributed by atoms with Crippen LogP contribution in [0.5, 0.6) is 5.75 Å². The summed E-state index contributed by atoms with van der Waals surface area (Å²) in [6, 6.07) is 3.80. The van der Waals surface area contributed by atoms with Gasteiger partial charge in [0.2, 0.25) is 0 Å². The standard InChI is InChI=1S/C15H21NO2/c1-10-8-15(2,3)16(4)14-12(10)6-11(9-17)7-13(14)18-5/h6-7,9-10H,8H2,1-5H3/t10-/m0/s1. The van der Waals surface area contributed by atoms with E-state index in [2.05, 4.69) is 32.7 Å². The maximum atomic E-state index is 11.0. The Bertz CT molecular complexity index is 480. The summed E-state index contributed by atoms with van der Waals surface area (Å²) < 4.78 is 5.47. The van der Waals surface area contributed by atoms with Crippen molar-refractivity contribution in [1.29, 1.82) is 0 Å². The van der Waals surface area contributed by atoms with Gasteiger partial charge in [-0.3, -0.25) is 4.79 Å². The SMILES string of the molecule is COc1cc(C=O)cc2c1N(C)C(C)(C)C[C@@H]2C. The number of rotatable bonds is 2. The molecule has 0 spiro atoms. The molecule has 98 valence electrons. The molecule has 3 nitrogen and oxygen atoms in total. The first-order valence-electron chi connectivity index (χ1n) is 6.31. The van der Waals surface area contributed by atoms with Crippen LogP contribution in [0, 0.1) is 0 Å². The molecule has 1 aliphatic rings. The van der Waals surface area contributed by atoms with Gasteiger partial charge in [-0.1, -0.05) is 6.92 Å². The van der Waals surface area contributed by atoms with Crippen molar-refractivity contribution in [3.05, 3.63) is 23.3 Å². The van der Waals surface area contributed by atoms with Crippen LogP contribution in [-0.4, -0.2) is 26.0 Å². The van der Waals surface area contributed by atoms with Crippen LogP contribution in [0.15, 0.2) is 12.1 Å². The van der Waals surface area contributed by atoms with Gasteiger partial charge in [-0.15, -0.1) is 0 Å². The summed E-state index contributed by atoms with van der Waals surface area (Å²) in [4.78, 5) is 13.3. The van der Waals surface area contributed by atoms with Gasteiger partial charge in [0.25, 0.3) is 0 Å². The molecular formula is C15H21NO2. The summed E-state index contributed by atoms with van der Waals surface area (Å²) in [6.45, 7) is 6.68. The Morgan fingerprint density at radius 3 is 2.67 bits per heavy atom. The van der Waals surface area contributed by atoms with Crippen LogP contribution in [0.1, 0.15) is 49.0 Å². The number of hydrogen-bond donors (Lipinski definition) is 0. The lowest BCUT2D eigenvalue weighted by molar-refractivity contribution is 0.112. The third-order valence-electron chi connectivity index (χ3n) is 4.06. The number of carbonyl (C=O) groups excluding carboxylic acids is 1. The minimum absolute atomic E-state index is 0.0996. The quantitative estimate of drug-likeness (QED) is 0.751. The molecule has 1 heterocycles. The van der Waals surface area contributed by atoms with Gasteiger partial charge < -0.3 is 9.64 Å². The van der Waals surface area contributed by atoms with E-state index >= 15 is 0 Å². The van der Waals surface area contributed by atoms with E-state index in [1.54, 1.807) is 7.11 Å². The van der Waals surface area contributed by atoms with E-state index < -0.39 is 0 Å². The normalized spacial score (nSPS) is 21.4. The summed E-state index contributed by atoms with van der Waals surface area (Å²) in [6.07, 6.45) is 1.96. The first-order chi connectivity index (χ1) is 8.40. The fourth-order valence-corrected chi connectivity index (χ4v) is 2.91. The Hall–Kier alpha value is -1.51. The highest BCUT2D eigenvalue weighted by molar-refractivity contribution is 5.81. The van der Waals surface area contributed by atoms with Crippen molar-refractivity contribution in [2.75, 3.05) is 19.1 Å². The lowest BCUT2D eigenvalue weighted by atomic mass is 9.80. The van der Waals surface area contributed by atoms with Crippen molar-refractivity contribution in [1.82, 2.24) is 0 Å². The summed E-state index contributed by atoms with van der Waals surface area (Å²) in [7, 11) is 3.75. The molecule has 0 radical (unpaired) electrons. The molecule has 0 saturated carbocycles. The number of aldehydes is 1. The van der Waals surface area contributed by atoms with Gasteiger partial charge >= 0.3 is 0 Å². The number of ether oxygens (including phenoxy) is 1. The maximum Gasteiger partial charge on any atom is 0.150 e. The predicted molar refractivity (Wildman–Crippen MR) is 73.9 cm³/mol. The van der Waals surface area contributed by atoms with Crippen molar-refractivity contribution in [3.8, 4) is 5.75 Å². The van der Waals surface area contributed by atoms with Gasteiger partial charge in [-0.25, -0.2) is 0 Å². The lowest BCUT2D eigenvalue weighted by Gasteiger charge is -2.46. The van der Waals surface area contributed by atoms with E-state index in [1.807, 2.05) is 12.1 Å². The molecule has 18 heavy (non-hydrogen) atoms. The molecule has 0 amide bonds. The second-order valence-corrected chi connectivity index (χ2v) is 5.76. The molecule has 0 aromatic heterocycles. The van der Waals surface area contributed by atoms with E-state index in [1.165, 1.54) is 5.56 Å². The van der Waals surface area contributed by atoms with Gasteiger partial charge in [0.05, 0.1) is 12.8 Å². The zero-order chi connectivity index (χ0) is 13.5. The van der Waals surface area contributed by atoms with Gasteiger partial charge in [0, 0.05) is 18.2 Å². The number of fused-ring (bicyclic) bond motifs is 1. The molecule has 3 heteroatoms. The van der Waals surface area contributed by atoms with Crippen molar-refractivity contribution in [2.45, 2.75) is 38.6 Å². The molecule has 1 aliphatic heterocycles. The predicted octanol–water partition coefficient (Wildman–Crippen LogP) is 3.23. The average Bonchev–Trinajstić information content (AvgIpc) is 2.34. The second-order valence-electron chi connectivity index (χ2n) is 5.76. The molecule has 1 atom stereocenters. The van der Waals surface area contributed by atoms with E-state index in [-0.39, 0.29) is 5.54 Å². The molecule has 1 aromatic rings. The first kappa shape index (κ1) is 12.9. The molecule has 2 rings (SSSR count). The molecule has 0 fully saturated rings. The smallest absolute Gasteiger partial charge is 0.150 e. The Morgan fingerprint density at radius 2 is 2.11 bits per heavy atom. The number of nitrogens with zero attached hydrogens (tertiary/aromatic N) is 1. The number of methoxy groups -OCH3 is 1. The summed E-state index contributed by atoms with van der Waals surface area (Å²) in [5.74, 6) is 1.22. The fraction of sp³-hybridized carbons (Fsp3) is 0.533. The summed E-state index contributed by atoms with van der Waals surface area (Å²) in [5.41, 5.74) is 3.11. The first-order valence-corrected chi connectivity index (χ1v) is 6.31. The maximum absolute atomic E-state index is 11.0. The summed E-state index contributed by atoms with van der Waals surface area (Å²) in [5, 5.41) is 0. The highest BCUT2D eigenvalue weighted by Gasteiger charge is 2.36.